The van der Waals surface area contributed by atoms with Crippen LogP contribution in [0.15, 0.2) is 35.4 Å². The van der Waals surface area contributed by atoms with E-state index < -0.39 is 0 Å². The van der Waals surface area contributed by atoms with E-state index >= 15 is 0 Å². The zero-order chi connectivity index (χ0) is 19.3. The molecule has 1 aromatic carbocycles. The van der Waals surface area contributed by atoms with Crippen molar-refractivity contribution in [3.8, 4) is 0 Å². The number of carbonyl (C=O) groups is 1. The molecular formula is C22H23N3O2S. The maximum absolute atomic E-state index is 13.1. The second kappa shape index (κ2) is 6.85. The monoisotopic (exact) mass is 393 g/mol. The Kier molecular flexibility index (Phi) is 4.31. The van der Waals surface area contributed by atoms with Crippen LogP contribution in [-0.2, 0) is 37.1 Å². The van der Waals surface area contributed by atoms with Gasteiger partial charge < -0.3 is 4.90 Å². The maximum Gasteiger partial charge on any atom is 0.262 e. The van der Waals surface area contributed by atoms with Gasteiger partial charge in [0.15, 0.2) is 0 Å². The van der Waals surface area contributed by atoms with Gasteiger partial charge in [0.25, 0.3) is 5.56 Å². The summed E-state index contributed by atoms with van der Waals surface area (Å²) in [6, 6.07) is 8.25. The van der Waals surface area contributed by atoms with E-state index in [9.17, 15) is 9.59 Å². The molecule has 5 nitrogen and oxygen atoms in total. The molecule has 1 aliphatic carbocycles. The molecule has 0 N–H and O–H groups in total. The van der Waals surface area contributed by atoms with Crippen LogP contribution in [0.3, 0.4) is 0 Å². The van der Waals surface area contributed by atoms with Crippen molar-refractivity contribution in [3.05, 3.63) is 62.5 Å². The highest BCUT2D eigenvalue weighted by molar-refractivity contribution is 7.18. The average Bonchev–Trinajstić information content (AvgIpc) is 3.07. The molecular weight excluding hydrogens is 370 g/mol. The molecule has 2 aliphatic rings. The van der Waals surface area contributed by atoms with Crippen molar-refractivity contribution in [2.75, 3.05) is 6.54 Å². The molecule has 2 aromatic heterocycles. The van der Waals surface area contributed by atoms with Crippen LogP contribution in [0.5, 0.6) is 0 Å². The fourth-order valence-electron chi connectivity index (χ4n) is 4.43. The van der Waals surface area contributed by atoms with Crippen LogP contribution in [0.25, 0.3) is 10.2 Å². The molecule has 1 amide bonds. The molecule has 0 saturated heterocycles. The standard InChI is InChI=1S/C22H23N3O2S/c1-14-6-7-17-18(10-14)28-21-20(17)22(27)25(13-23-21)12-19(26)24-9-8-15-4-2-3-5-16(15)11-24/h2-5,13-14H,6-12H2,1H3/t14-/m0/s1. The lowest BCUT2D eigenvalue weighted by molar-refractivity contribution is -0.132. The molecule has 144 valence electrons. The summed E-state index contributed by atoms with van der Waals surface area (Å²) >= 11 is 1.65. The Labute approximate surface area is 167 Å². The highest BCUT2D eigenvalue weighted by atomic mass is 32.1. The lowest BCUT2D eigenvalue weighted by atomic mass is 9.89. The van der Waals surface area contributed by atoms with Crippen molar-refractivity contribution in [3.63, 3.8) is 0 Å². The molecule has 0 bridgehead atoms. The topological polar surface area (TPSA) is 55.2 Å². The molecule has 0 radical (unpaired) electrons. The molecule has 0 unspecified atom stereocenters. The summed E-state index contributed by atoms with van der Waals surface area (Å²) in [5.74, 6) is 0.641. The van der Waals surface area contributed by atoms with Gasteiger partial charge in [0.1, 0.15) is 11.4 Å². The fourth-order valence-corrected chi connectivity index (χ4v) is 5.77. The van der Waals surface area contributed by atoms with E-state index in [-0.39, 0.29) is 18.0 Å². The second-order valence-corrected chi connectivity index (χ2v) is 9.13. The lowest BCUT2D eigenvalue weighted by Crippen LogP contribution is -2.39. The molecule has 0 fully saturated rings. The van der Waals surface area contributed by atoms with E-state index in [1.807, 2.05) is 17.0 Å². The van der Waals surface area contributed by atoms with Crippen molar-refractivity contribution in [2.45, 2.75) is 45.7 Å². The molecule has 6 heteroatoms. The van der Waals surface area contributed by atoms with Gasteiger partial charge in [0, 0.05) is 18.0 Å². The normalized spacial score (nSPS) is 18.8. The summed E-state index contributed by atoms with van der Waals surface area (Å²) in [7, 11) is 0. The number of benzene rings is 1. The Balaban J connectivity index is 1.42. The van der Waals surface area contributed by atoms with E-state index in [1.54, 1.807) is 17.7 Å². The van der Waals surface area contributed by atoms with Gasteiger partial charge >= 0.3 is 0 Å². The van der Waals surface area contributed by atoms with Gasteiger partial charge in [-0.25, -0.2) is 4.98 Å². The third kappa shape index (κ3) is 2.96. The van der Waals surface area contributed by atoms with Crippen LogP contribution in [0, 0.1) is 5.92 Å². The van der Waals surface area contributed by atoms with E-state index in [4.69, 9.17) is 0 Å². The largest absolute Gasteiger partial charge is 0.336 e. The smallest absolute Gasteiger partial charge is 0.262 e. The van der Waals surface area contributed by atoms with E-state index in [2.05, 4.69) is 24.0 Å². The van der Waals surface area contributed by atoms with Gasteiger partial charge in [-0.2, -0.15) is 0 Å². The van der Waals surface area contributed by atoms with Crippen LogP contribution in [0.2, 0.25) is 0 Å². The molecule has 3 heterocycles. The Morgan fingerprint density at radius 1 is 1.25 bits per heavy atom. The van der Waals surface area contributed by atoms with E-state index in [1.165, 1.54) is 26.1 Å². The number of carbonyl (C=O) groups excluding carboxylic acids is 1. The highest BCUT2D eigenvalue weighted by Crippen LogP contribution is 2.35. The molecule has 1 atom stereocenters. The molecule has 0 spiro atoms. The number of hydrogen-bond acceptors (Lipinski definition) is 4. The minimum Gasteiger partial charge on any atom is -0.336 e. The number of amides is 1. The van der Waals surface area contributed by atoms with Gasteiger partial charge in [-0.05, 0) is 48.3 Å². The number of aryl methyl sites for hydroxylation is 1. The van der Waals surface area contributed by atoms with Gasteiger partial charge in [-0.3, -0.25) is 14.2 Å². The lowest BCUT2D eigenvalue weighted by Gasteiger charge is -2.29. The SMILES string of the molecule is C[C@H]1CCc2c(sc3ncn(CC(=O)N4CCc5ccccc5C4)c(=O)c23)C1. The highest BCUT2D eigenvalue weighted by Gasteiger charge is 2.25. The number of fused-ring (bicyclic) bond motifs is 4. The van der Waals surface area contributed by atoms with Crippen molar-refractivity contribution >= 4 is 27.5 Å². The zero-order valence-corrected chi connectivity index (χ0v) is 16.8. The first kappa shape index (κ1) is 17.6. The Morgan fingerprint density at radius 3 is 2.93 bits per heavy atom. The quantitative estimate of drug-likeness (QED) is 0.672. The Bertz CT molecular complexity index is 1130. The summed E-state index contributed by atoms with van der Waals surface area (Å²) in [6.45, 7) is 3.64. The third-order valence-corrected chi connectivity index (χ3v) is 7.23. The number of hydrogen-bond donors (Lipinski definition) is 0. The number of nitrogens with zero attached hydrogens (tertiary/aromatic N) is 3. The summed E-state index contributed by atoms with van der Waals surface area (Å²) in [4.78, 5) is 34.5. The number of thiophene rings is 1. The maximum atomic E-state index is 13.1. The summed E-state index contributed by atoms with van der Waals surface area (Å²) in [5, 5.41) is 0.742. The predicted octanol–water partition coefficient (Wildman–Crippen LogP) is 3.17. The van der Waals surface area contributed by atoms with E-state index in [0.717, 1.165) is 35.9 Å². The second-order valence-electron chi connectivity index (χ2n) is 8.04. The van der Waals surface area contributed by atoms with Crippen LogP contribution >= 0.6 is 11.3 Å². The summed E-state index contributed by atoms with van der Waals surface area (Å²) in [5.41, 5.74) is 3.61. The van der Waals surface area contributed by atoms with Crippen molar-refractivity contribution < 1.29 is 4.79 Å². The first-order valence-corrected chi connectivity index (χ1v) is 10.8. The number of rotatable bonds is 2. The van der Waals surface area contributed by atoms with Crippen molar-refractivity contribution in [1.29, 1.82) is 0 Å². The van der Waals surface area contributed by atoms with Crippen molar-refractivity contribution in [1.82, 2.24) is 14.5 Å². The van der Waals surface area contributed by atoms with Crippen LogP contribution < -0.4 is 5.56 Å². The minimum absolute atomic E-state index is 0.0181. The van der Waals surface area contributed by atoms with Gasteiger partial charge in [0.2, 0.25) is 5.91 Å². The van der Waals surface area contributed by atoms with E-state index in [0.29, 0.717) is 19.0 Å². The molecule has 3 aromatic rings. The third-order valence-electron chi connectivity index (χ3n) is 6.07. The predicted molar refractivity (Wildman–Crippen MR) is 111 cm³/mol. The van der Waals surface area contributed by atoms with Crippen LogP contribution in [-0.4, -0.2) is 26.9 Å². The average molecular weight is 394 g/mol. The summed E-state index contributed by atoms with van der Waals surface area (Å²) < 4.78 is 1.50. The van der Waals surface area contributed by atoms with Gasteiger partial charge in [0.05, 0.1) is 11.7 Å². The molecule has 28 heavy (non-hydrogen) atoms. The Hall–Kier alpha value is -2.47. The first-order chi connectivity index (χ1) is 13.6. The fraction of sp³-hybridized carbons (Fsp3) is 0.409. The van der Waals surface area contributed by atoms with Gasteiger partial charge in [-0.1, -0.05) is 31.2 Å². The summed E-state index contributed by atoms with van der Waals surface area (Å²) in [6.07, 6.45) is 5.49. The van der Waals surface area contributed by atoms with Crippen LogP contribution in [0.1, 0.15) is 34.9 Å². The minimum atomic E-state index is -0.0668. The molecule has 5 rings (SSSR count). The molecule has 1 aliphatic heterocycles. The Morgan fingerprint density at radius 2 is 2.07 bits per heavy atom. The first-order valence-electron chi connectivity index (χ1n) is 9.94. The van der Waals surface area contributed by atoms with Crippen molar-refractivity contribution in [2.24, 2.45) is 5.92 Å². The van der Waals surface area contributed by atoms with Gasteiger partial charge in [-0.15, -0.1) is 11.3 Å². The number of aromatic nitrogens is 2. The van der Waals surface area contributed by atoms with Crippen LogP contribution in [0.4, 0.5) is 0 Å². The molecule has 0 saturated carbocycles. The zero-order valence-electron chi connectivity index (χ0n) is 16.0.